The fraction of sp³-hybridized carbons (Fsp3) is 0.280. The van der Waals surface area contributed by atoms with Crippen molar-refractivity contribution in [1.82, 2.24) is 24.8 Å². The Morgan fingerprint density at radius 2 is 1.63 bits per heavy atom. The van der Waals surface area contributed by atoms with Crippen LogP contribution in [0.4, 0.5) is 34.9 Å². The highest BCUT2D eigenvalue weighted by molar-refractivity contribution is 6.33. The number of nitrogens with two attached hydrogens (primary N) is 1. The third-order valence-electron chi connectivity index (χ3n) is 6.03. The smallest absolute Gasteiger partial charge is 0.233 e. The molecule has 0 saturated carbocycles. The third-order valence-corrected chi connectivity index (χ3v) is 6.36. The minimum absolute atomic E-state index is 0.296. The first-order valence-corrected chi connectivity index (χ1v) is 12.0. The molecule has 0 aliphatic carbocycles. The molecule has 1 saturated heterocycles. The molecule has 9 nitrogen and oxygen atoms in total. The van der Waals surface area contributed by atoms with Gasteiger partial charge in [0.15, 0.2) is 0 Å². The number of nitrogen functional groups attached to an aromatic ring is 1. The van der Waals surface area contributed by atoms with Gasteiger partial charge in [0.25, 0.3) is 0 Å². The molecule has 1 aliphatic heterocycles. The highest BCUT2D eigenvalue weighted by Gasteiger charge is 2.18. The van der Waals surface area contributed by atoms with E-state index in [1.807, 2.05) is 55.5 Å². The first-order valence-electron chi connectivity index (χ1n) is 11.6. The lowest BCUT2D eigenvalue weighted by atomic mass is 10.1. The number of benzene rings is 2. The van der Waals surface area contributed by atoms with Gasteiger partial charge in [-0.1, -0.05) is 23.7 Å². The Kier molecular flexibility index (Phi) is 6.52. The van der Waals surface area contributed by atoms with Gasteiger partial charge >= 0.3 is 0 Å². The topological polar surface area (TPSA) is 117 Å². The summed E-state index contributed by atoms with van der Waals surface area (Å²) in [5.41, 5.74) is 10.2. The summed E-state index contributed by atoms with van der Waals surface area (Å²) >= 11 is 6.35. The van der Waals surface area contributed by atoms with E-state index in [1.54, 1.807) is 0 Å². The van der Waals surface area contributed by atoms with Crippen molar-refractivity contribution in [2.45, 2.75) is 25.8 Å². The van der Waals surface area contributed by atoms with Crippen molar-refractivity contribution in [2.75, 3.05) is 41.8 Å². The van der Waals surface area contributed by atoms with Crippen LogP contribution in [0.5, 0.6) is 0 Å². The number of hydrogen-bond donors (Lipinski definition) is 4. The van der Waals surface area contributed by atoms with Crippen LogP contribution in [0.25, 0.3) is 10.9 Å². The van der Waals surface area contributed by atoms with Crippen molar-refractivity contribution in [3.05, 3.63) is 59.2 Å². The van der Waals surface area contributed by atoms with E-state index in [-0.39, 0.29) is 0 Å². The minimum Gasteiger partial charge on any atom is -0.398 e. The molecule has 0 unspecified atom stereocenters. The molecule has 2 aromatic carbocycles. The van der Waals surface area contributed by atoms with E-state index in [2.05, 4.69) is 47.8 Å². The van der Waals surface area contributed by atoms with Gasteiger partial charge < -0.3 is 26.6 Å². The molecule has 0 atom stereocenters. The van der Waals surface area contributed by atoms with E-state index >= 15 is 0 Å². The molecular formula is C25H28ClN9. The summed E-state index contributed by atoms with van der Waals surface area (Å²) in [5.74, 6) is 1.30. The second-order valence-corrected chi connectivity index (χ2v) is 9.25. The quantitative estimate of drug-likeness (QED) is 0.298. The van der Waals surface area contributed by atoms with Crippen molar-refractivity contribution >= 4 is 57.4 Å². The summed E-state index contributed by atoms with van der Waals surface area (Å²) < 4.78 is 0. The number of para-hydroxylation sites is 1. The summed E-state index contributed by atoms with van der Waals surface area (Å²) in [6, 6.07) is 15.5. The number of aromatic nitrogens is 4. The zero-order valence-electron chi connectivity index (χ0n) is 19.7. The van der Waals surface area contributed by atoms with Gasteiger partial charge in [-0.3, -0.25) is 4.98 Å². The number of fused-ring (bicyclic) bond motifs is 1. The van der Waals surface area contributed by atoms with Gasteiger partial charge in [0.2, 0.25) is 17.8 Å². The van der Waals surface area contributed by atoms with E-state index in [0.717, 1.165) is 53.9 Å². The number of halogens is 1. The zero-order valence-corrected chi connectivity index (χ0v) is 20.5. The van der Waals surface area contributed by atoms with Crippen LogP contribution in [0.2, 0.25) is 5.02 Å². The predicted octanol–water partition coefficient (Wildman–Crippen LogP) is 4.96. The molecule has 0 bridgehead atoms. The number of nitrogens with one attached hydrogen (secondary N) is 3. The lowest BCUT2D eigenvalue weighted by Crippen LogP contribution is -2.37. The molecule has 5 N–H and O–H groups in total. The van der Waals surface area contributed by atoms with Crippen molar-refractivity contribution < 1.29 is 0 Å². The summed E-state index contributed by atoms with van der Waals surface area (Å²) in [6.45, 7) is 3.99. The lowest BCUT2D eigenvalue weighted by molar-refractivity contribution is 0.263. The van der Waals surface area contributed by atoms with Gasteiger partial charge in [0, 0.05) is 28.5 Å². The van der Waals surface area contributed by atoms with E-state index < -0.39 is 0 Å². The Morgan fingerprint density at radius 3 is 2.40 bits per heavy atom. The summed E-state index contributed by atoms with van der Waals surface area (Å²) in [6.07, 6.45) is 2.04. The summed E-state index contributed by atoms with van der Waals surface area (Å²) in [5, 5.41) is 11.4. The first kappa shape index (κ1) is 23.1. The monoisotopic (exact) mass is 489 g/mol. The Labute approximate surface area is 209 Å². The van der Waals surface area contributed by atoms with E-state index in [1.165, 1.54) is 0 Å². The number of piperidine rings is 1. The molecule has 1 fully saturated rings. The number of hydrogen-bond acceptors (Lipinski definition) is 9. The number of anilines is 6. The largest absolute Gasteiger partial charge is 0.398 e. The zero-order chi connectivity index (χ0) is 24.4. The van der Waals surface area contributed by atoms with Crippen LogP contribution < -0.4 is 21.7 Å². The Bertz CT molecular complexity index is 1350. The van der Waals surface area contributed by atoms with Gasteiger partial charge in [-0.15, -0.1) is 0 Å². The van der Waals surface area contributed by atoms with Crippen LogP contribution in [-0.2, 0) is 0 Å². The molecule has 3 heterocycles. The van der Waals surface area contributed by atoms with Crippen LogP contribution in [0.1, 0.15) is 18.5 Å². The van der Waals surface area contributed by atoms with Crippen LogP contribution in [0.3, 0.4) is 0 Å². The van der Waals surface area contributed by atoms with Crippen LogP contribution in [0, 0.1) is 6.92 Å². The number of nitrogens with zero attached hydrogens (tertiary/aromatic N) is 5. The molecule has 4 aromatic rings. The maximum Gasteiger partial charge on any atom is 0.233 e. The standard InChI is InChI=1S/C25H28ClN9/c1-15-13-20(27)18-14-17(7-8-21(18)28-15)30-24-32-23(29-16-9-11-35(2)12-10-16)33-25(34-24)31-22-6-4-3-5-19(22)26/h3-8,13-14,16H,9-12H2,1-2H3,(H2,27,28)(H3,29,30,31,32,33,34). The molecule has 180 valence electrons. The maximum absolute atomic E-state index is 6.35. The van der Waals surface area contributed by atoms with Gasteiger partial charge in [-0.25, -0.2) is 0 Å². The number of aryl methyl sites for hydroxylation is 1. The third kappa shape index (κ3) is 5.52. The second kappa shape index (κ2) is 9.89. The highest BCUT2D eigenvalue weighted by atomic mass is 35.5. The summed E-state index contributed by atoms with van der Waals surface area (Å²) in [4.78, 5) is 20.7. The fourth-order valence-corrected chi connectivity index (χ4v) is 4.35. The average Bonchev–Trinajstić information content (AvgIpc) is 2.82. The van der Waals surface area contributed by atoms with Crippen molar-refractivity contribution in [3.63, 3.8) is 0 Å². The lowest BCUT2D eigenvalue weighted by Gasteiger charge is -2.29. The van der Waals surface area contributed by atoms with Crippen LogP contribution in [-0.4, -0.2) is 51.0 Å². The van der Waals surface area contributed by atoms with Crippen LogP contribution in [0.15, 0.2) is 48.5 Å². The van der Waals surface area contributed by atoms with Gasteiger partial charge in [-0.05, 0) is 76.3 Å². The van der Waals surface area contributed by atoms with Gasteiger partial charge in [0.1, 0.15) is 0 Å². The van der Waals surface area contributed by atoms with Crippen molar-refractivity contribution in [2.24, 2.45) is 0 Å². The van der Waals surface area contributed by atoms with E-state index in [9.17, 15) is 0 Å². The molecule has 0 radical (unpaired) electrons. The Balaban J connectivity index is 1.45. The number of rotatable bonds is 6. The SMILES string of the molecule is Cc1cc(N)c2cc(Nc3nc(Nc4ccccc4Cl)nc(NC4CCN(C)CC4)n3)ccc2n1. The molecule has 2 aromatic heterocycles. The molecule has 0 amide bonds. The maximum atomic E-state index is 6.35. The molecule has 35 heavy (non-hydrogen) atoms. The van der Waals surface area contributed by atoms with Gasteiger partial charge in [-0.2, -0.15) is 15.0 Å². The van der Waals surface area contributed by atoms with E-state index in [4.69, 9.17) is 17.3 Å². The average molecular weight is 490 g/mol. The molecule has 5 rings (SSSR count). The molecule has 1 aliphatic rings. The van der Waals surface area contributed by atoms with Crippen molar-refractivity contribution in [1.29, 1.82) is 0 Å². The van der Waals surface area contributed by atoms with E-state index in [0.29, 0.717) is 34.6 Å². The highest BCUT2D eigenvalue weighted by Crippen LogP contribution is 2.27. The predicted molar refractivity (Wildman–Crippen MR) is 143 cm³/mol. The second-order valence-electron chi connectivity index (χ2n) is 8.84. The first-order chi connectivity index (χ1) is 16.9. The van der Waals surface area contributed by atoms with Gasteiger partial charge in [0.05, 0.1) is 16.2 Å². The number of likely N-dealkylation sites (tertiary alicyclic amines) is 1. The van der Waals surface area contributed by atoms with Crippen molar-refractivity contribution in [3.8, 4) is 0 Å². The molecule has 10 heteroatoms. The Morgan fingerprint density at radius 1 is 0.914 bits per heavy atom. The van der Waals surface area contributed by atoms with Crippen LogP contribution >= 0.6 is 11.6 Å². The molecular weight excluding hydrogens is 462 g/mol. The normalized spacial score (nSPS) is 14.7. The Hall–Kier alpha value is -3.69. The number of pyridine rings is 1. The fourth-order valence-electron chi connectivity index (χ4n) is 4.17. The molecule has 0 spiro atoms. The minimum atomic E-state index is 0.296. The summed E-state index contributed by atoms with van der Waals surface area (Å²) in [7, 11) is 2.14.